The van der Waals surface area contributed by atoms with E-state index in [0.29, 0.717) is 17.9 Å². The molecular formula is C24H26FNO2. The van der Waals surface area contributed by atoms with E-state index in [-0.39, 0.29) is 11.8 Å². The van der Waals surface area contributed by atoms with Gasteiger partial charge in [-0.2, -0.15) is 0 Å². The molecular weight excluding hydrogens is 353 g/mol. The molecule has 1 saturated carbocycles. The Bertz CT molecular complexity index is 968. The van der Waals surface area contributed by atoms with Crippen LogP contribution in [0.3, 0.4) is 0 Å². The summed E-state index contributed by atoms with van der Waals surface area (Å²) in [6.07, 6.45) is 9.23. The number of carbonyl (C=O) groups excluding carboxylic acids is 1. The van der Waals surface area contributed by atoms with Crippen molar-refractivity contribution < 1.29 is 13.9 Å². The van der Waals surface area contributed by atoms with E-state index >= 15 is 0 Å². The first kappa shape index (κ1) is 18.7. The molecule has 28 heavy (non-hydrogen) atoms. The van der Waals surface area contributed by atoms with E-state index in [1.54, 1.807) is 18.2 Å². The maximum absolute atomic E-state index is 14.7. The van der Waals surface area contributed by atoms with Gasteiger partial charge in [0.25, 0.3) is 0 Å². The highest BCUT2D eigenvalue weighted by Crippen LogP contribution is 2.30. The number of halogens is 1. The predicted molar refractivity (Wildman–Crippen MR) is 109 cm³/mol. The summed E-state index contributed by atoms with van der Waals surface area (Å²) in [4.78, 5) is 11.6. The summed E-state index contributed by atoms with van der Waals surface area (Å²) in [6, 6.07) is 12.7. The lowest BCUT2D eigenvalue weighted by Gasteiger charge is -2.22. The zero-order chi connectivity index (χ0) is 19.5. The lowest BCUT2D eigenvalue weighted by Crippen LogP contribution is -2.13. The Hall–Kier alpha value is -2.62. The minimum atomic E-state index is -0.346. The first-order valence-corrected chi connectivity index (χ1v) is 10.1. The van der Waals surface area contributed by atoms with E-state index in [9.17, 15) is 9.18 Å². The van der Waals surface area contributed by atoms with E-state index in [1.165, 1.54) is 45.3 Å². The van der Waals surface area contributed by atoms with Gasteiger partial charge in [0.15, 0.2) is 0 Å². The predicted octanol–water partition coefficient (Wildman–Crippen LogP) is 5.74. The van der Waals surface area contributed by atoms with E-state index < -0.39 is 0 Å². The van der Waals surface area contributed by atoms with Gasteiger partial charge in [-0.15, -0.1) is 0 Å². The zero-order valence-corrected chi connectivity index (χ0v) is 16.3. The summed E-state index contributed by atoms with van der Waals surface area (Å²) in [5.74, 6) is 0.169. The molecule has 0 amide bonds. The Morgan fingerprint density at radius 3 is 2.57 bits per heavy atom. The van der Waals surface area contributed by atoms with Crippen LogP contribution in [0.2, 0.25) is 0 Å². The summed E-state index contributed by atoms with van der Waals surface area (Å²) in [5.41, 5.74) is 3.55. The summed E-state index contributed by atoms with van der Waals surface area (Å²) >= 11 is 0. The van der Waals surface area contributed by atoms with Gasteiger partial charge in [0.05, 0.1) is 18.2 Å². The third-order valence-electron chi connectivity index (χ3n) is 5.88. The highest BCUT2D eigenvalue weighted by Gasteiger charge is 2.18. The van der Waals surface area contributed by atoms with E-state index in [1.807, 2.05) is 18.2 Å². The van der Waals surface area contributed by atoms with Crippen molar-refractivity contribution in [3.8, 4) is 0 Å². The second kappa shape index (κ2) is 8.17. The highest BCUT2D eigenvalue weighted by molar-refractivity contribution is 5.89. The van der Waals surface area contributed by atoms with Gasteiger partial charge in [0.1, 0.15) is 5.82 Å². The van der Waals surface area contributed by atoms with E-state index in [4.69, 9.17) is 4.74 Å². The molecule has 0 aliphatic heterocycles. The van der Waals surface area contributed by atoms with Gasteiger partial charge in [-0.1, -0.05) is 37.5 Å². The molecule has 4 heteroatoms. The fraction of sp³-hybridized carbons (Fsp3) is 0.375. The number of ether oxygens (including phenoxy) is 1. The summed E-state index contributed by atoms with van der Waals surface area (Å²) in [6.45, 7) is 0.960. The fourth-order valence-electron chi connectivity index (χ4n) is 4.42. The van der Waals surface area contributed by atoms with Gasteiger partial charge in [-0.3, -0.25) is 0 Å². The Morgan fingerprint density at radius 2 is 1.86 bits per heavy atom. The number of aromatic nitrogens is 1. The second-order valence-corrected chi connectivity index (χ2v) is 7.81. The van der Waals surface area contributed by atoms with Gasteiger partial charge in [0.2, 0.25) is 0 Å². The first-order chi connectivity index (χ1) is 13.7. The van der Waals surface area contributed by atoms with Crippen LogP contribution < -0.4 is 0 Å². The minimum Gasteiger partial charge on any atom is -0.465 e. The van der Waals surface area contributed by atoms with Crippen LogP contribution in [-0.2, 0) is 17.7 Å². The van der Waals surface area contributed by atoms with Gasteiger partial charge in [-0.05, 0) is 60.6 Å². The summed E-state index contributed by atoms with van der Waals surface area (Å²) in [7, 11) is 1.38. The van der Waals surface area contributed by atoms with Crippen molar-refractivity contribution in [2.24, 2.45) is 5.92 Å². The van der Waals surface area contributed by atoms with Crippen LogP contribution in [0.4, 0.5) is 4.39 Å². The number of esters is 1. The number of nitrogens with zero attached hydrogens (tertiary/aromatic N) is 1. The van der Waals surface area contributed by atoms with Crippen LogP contribution >= 0.6 is 0 Å². The number of carbonyl (C=O) groups is 1. The fourth-order valence-corrected chi connectivity index (χ4v) is 4.42. The topological polar surface area (TPSA) is 31.2 Å². The molecule has 1 aliphatic carbocycles. The van der Waals surface area contributed by atoms with Gasteiger partial charge >= 0.3 is 5.97 Å². The lowest BCUT2D eigenvalue weighted by atomic mass is 9.89. The van der Waals surface area contributed by atoms with Crippen LogP contribution in [0.25, 0.3) is 10.9 Å². The average Bonchev–Trinajstić information content (AvgIpc) is 3.07. The molecule has 1 heterocycles. The molecule has 0 radical (unpaired) electrons. The summed E-state index contributed by atoms with van der Waals surface area (Å²) < 4.78 is 21.7. The number of rotatable bonds is 5. The Morgan fingerprint density at radius 1 is 1.11 bits per heavy atom. The molecule has 0 atom stereocenters. The Kier molecular flexibility index (Phi) is 5.47. The van der Waals surface area contributed by atoms with Crippen LogP contribution in [0.15, 0.2) is 48.7 Å². The van der Waals surface area contributed by atoms with Crippen molar-refractivity contribution in [2.45, 2.75) is 45.1 Å². The van der Waals surface area contributed by atoms with Crippen molar-refractivity contribution in [1.82, 2.24) is 4.57 Å². The van der Waals surface area contributed by atoms with Crippen LogP contribution in [0.1, 0.15) is 53.6 Å². The molecule has 4 rings (SSSR count). The van der Waals surface area contributed by atoms with Crippen LogP contribution in [0, 0.1) is 11.7 Å². The zero-order valence-electron chi connectivity index (χ0n) is 16.3. The molecule has 0 spiro atoms. The van der Waals surface area contributed by atoms with Crippen molar-refractivity contribution in [2.75, 3.05) is 7.11 Å². The number of methoxy groups -OCH3 is 1. The number of hydrogen-bond acceptors (Lipinski definition) is 2. The average molecular weight is 379 g/mol. The lowest BCUT2D eigenvalue weighted by molar-refractivity contribution is 0.0600. The highest BCUT2D eigenvalue weighted by atomic mass is 19.1. The second-order valence-electron chi connectivity index (χ2n) is 7.81. The molecule has 1 fully saturated rings. The number of benzene rings is 2. The molecule has 3 nitrogen and oxygen atoms in total. The van der Waals surface area contributed by atoms with Crippen molar-refractivity contribution >= 4 is 16.9 Å². The van der Waals surface area contributed by atoms with Crippen LogP contribution in [-0.4, -0.2) is 17.6 Å². The monoisotopic (exact) mass is 379 g/mol. The largest absolute Gasteiger partial charge is 0.465 e. The first-order valence-electron chi connectivity index (χ1n) is 10.1. The smallest absolute Gasteiger partial charge is 0.337 e. The van der Waals surface area contributed by atoms with Crippen molar-refractivity contribution in [3.05, 3.63) is 71.2 Å². The van der Waals surface area contributed by atoms with Crippen molar-refractivity contribution in [1.29, 1.82) is 0 Å². The standard InChI is InChI=1S/C24H26FNO2/c1-28-24(27)19-12-10-17(11-13-19)14-20-16-26(15-18-6-3-2-4-7-18)22-9-5-8-21(25)23(20)22/h5,8-13,16,18H,2-4,6-7,14-15H2,1H3. The molecule has 3 aromatic rings. The molecule has 0 saturated heterocycles. The summed E-state index contributed by atoms with van der Waals surface area (Å²) in [5, 5.41) is 0.718. The third kappa shape index (κ3) is 3.82. The minimum absolute atomic E-state index is 0.166. The quantitative estimate of drug-likeness (QED) is 0.530. The van der Waals surface area contributed by atoms with Gasteiger partial charge in [0, 0.05) is 18.1 Å². The Balaban J connectivity index is 1.63. The van der Waals surface area contributed by atoms with Gasteiger partial charge in [-0.25, -0.2) is 9.18 Å². The molecule has 0 N–H and O–H groups in total. The maximum atomic E-state index is 14.7. The third-order valence-corrected chi connectivity index (χ3v) is 5.88. The SMILES string of the molecule is COC(=O)c1ccc(Cc2cn(CC3CCCCC3)c3cccc(F)c23)cc1. The van der Waals surface area contributed by atoms with Crippen LogP contribution in [0.5, 0.6) is 0 Å². The molecule has 1 aliphatic rings. The molecule has 2 aromatic carbocycles. The molecule has 0 bridgehead atoms. The molecule has 146 valence electrons. The number of hydrogen-bond donors (Lipinski definition) is 0. The maximum Gasteiger partial charge on any atom is 0.337 e. The Labute approximate surface area is 165 Å². The van der Waals surface area contributed by atoms with E-state index in [0.717, 1.165) is 28.6 Å². The number of fused-ring (bicyclic) bond motifs is 1. The normalized spacial score (nSPS) is 15.1. The van der Waals surface area contributed by atoms with E-state index in [2.05, 4.69) is 10.8 Å². The van der Waals surface area contributed by atoms with Crippen molar-refractivity contribution in [3.63, 3.8) is 0 Å². The van der Waals surface area contributed by atoms with Gasteiger partial charge < -0.3 is 9.30 Å². The molecule has 0 unspecified atom stereocenters. The molecule has 1 aromatic heterocycles.